The number of aromatic nitrogens is 2. The van der Waals surface area contributed by atoms with E-state index in [9.17, 15) is 0 Å². The Labute approximate surface area is 99.7 Å². The van der Waals surface area contributed by atoms with Crippen LogP contribution in [0.15, 0.2) is 17.5 Å². The lowest BCUT2D eigenvalue weighted by atomic mass is 10.1. The van der Waals surface area contributed by atoms with E-state index in [0.29, 0.717) is 0 Å². The van der Waals surface area contributed by atoms with Gasteiger partial charge in [-0.25, -0.2) is 0 Å². The van der Waals surface area contributed by atoms with Crippen LogP contribution in [0.25, 0.3) is 10.6 Å². The van der Waals surface area contributed by atoms with Crippen molar-refractivity contribution in [3.05, 3.63) is 28.8 Å². The molecule has 1 atom stereocenters. The Bertz CT molecular complexity index is 458. The van der Waals surface area contributed by atoms with Crippen molar-refractivity contribution in [2.45, 2.75) is 32.7 Å². The highest BCUT2D eigenvalue weighted by atomic mass is 32.1. The summed E-state index contributed by atoms with van der Waals surface area (Å²) in [6, 6.07) is 4.44. The zero-order chi connectivity index (χ0) is 11.5. The van der Waals surface area contributed by atoms with Crippen molar-refractivity contribution in [3.8, 4) is 10.6 Å². The number of rotatable bonds is 4. The van der Waals surface area contributed by atoms with Gasteiger partial charge >= 0.3 is 0 Å². The van der Waals surface area contributed by atoms with Crippen LogP contribution in [0.3, 0.4) is 0 Å². The van der Waals surface area contributed by atoms with Gasteiger partial charge in [0.2, 0.25) is 0 Å². The van der Waals surface area contributed by atoms with Crippen LogP contribution in [0.4, 0.5) is 0 Å². The smallest absolute Gasteiger partial charge is 0.103 e. The molecule has 2 aromatic heterocycles. The molecule has 86 valence electrons. The van der Waals surface area contributed by atoms with Crippen LogP contribution in [-0.2, 0) is 6.42 Å². The molecule has 2 heterocycles. The van der Waals surface area contributed by atoms with E-state index in [1.54, 1.807) is 11.3 Å². The molecule has 2 aromatic rings. The Morgan fingerprint density at radius 3 is 3.00 bits per heavy atom. The van der Waals surface area contributed by atoms with Gasteiger partial charge in [0.25, 0.3) is 0 Å². The number of nitrogens with two attached hydrogens (primary N) is 1. The fraction of sp³-hybridized carbons (Fsp3) is 0.417. The summed E-state index contributed by atoms with van der Waals surface area (Å²) in [6.07, 6.45) is 1.86. The minimum absolute atomic E-state index is 0.220. The molecule has 4 heteroatoms. The van der Waals surface area contributed by atoms with E-state index in [-0.39, 0.29) is 6.04 Å². The van der Waals surface area contributed by atoms with E-state index < -0.39 is 0 Å². The molecule has 2 rings (SSSR count). The number of H-pyrrole nitrogens is 1. The van der Waals surface area contributed by atoms with Gasteiger partial charge in [0.1, 0.15) is 5.69 Å². The van der Waals surface area contributed by atoms with Crippen molar-refractivity contribution in [2.75, 3.05) is 0 Å². The Morgan fingerprint density at radius 2 is 2.38 bits per heavy atom. The van der Waals surface area contributed by atoms with Crippen LogP contribution in [0.2, 0.25) is 0 Å². The van der Waals surface area contributed by atoms with Gasteiger partial charge in [-0.1, -0.05) is 6.92 Å². The third-order valence-electron chi connectivity index (χ3n) is 2.73. The van der Waals surface area contributed by atoms with E-state index in [2.05, 4.69) is 41.6 Å². The summed E-state index contributed by atoms with van der Waals surface area (Å²) in [6.45, 7) is 4.21. The monoisotopic (exact) mass is 235 g/mol. The van der Waals surface area contributed by atoms with Crippen LogP contribution < -0.4 is 5.73 Å². The van der Waals surface area contributed by atoms with Crippen LogP contribution in [-0.4, -0.2) is 16.2 Å². The Balaban J connectivity index is 2.17. The molecular weight excluding hydrogens is 218 g/mol. The molecule has 3 N–H and O–H groups in total. The van der Waals surface area contributed by atoms with Gasteiger partial charge in [0.05, 0.1) is 4.88 Å². The summed E-state index contributed by atoms with van der Waals surface area (Å²) in [4.78, 5) is 1.24. The third-order valence-corrected chi connectivity index (χ3v) is 3.77. The number of hydrogen-bond acceptors (Lipinski definition) is 3. The number of nitrogens with zero attached hydrogens (tertiary/aromatic N) is 1. The van der Waals surface area contributed by atoms with E-state index >= 15 is 0 Å². The van der Waals surface area contributed by atoms with Crippen LogP contribution in [0.5, 0.6) is 0 Å². The number of aromatic amines is 1. The molecule has 0 bridgehead atoms. The first-order valence-electron chi connectivity index (χ1n) is 5.55. The molecule has 0 aromatic carbocycles. The molecule has 0 fully saturated rings. The number of aryl methyl sites for hydroxylation is 1. The Hall–Kier alpha value is -1.13. The normalized spacial score (nSPS) is 12.9. The number of hydrogen-bond donors (Lipinski definition) is 2. The van der Waals surface area contributed by atoms with Crippen molar-refractivity contribution in [2.24, 2.45) is 5.73 Å². The topological polar surface area (TPSA) is 54.7 Å². The maximum atomic E-state index is 5.92. The van der Waals surface area contributed by atoms with E-state index in [0.717, 1.165) is 24.2 Å². The Kier molecular flexibility index (Phi) is 3.41. The molecule has 0 saturated carbocycles. The fourth-order valence-electron chi connectivity index (χ4n) is 1.64. The highest BCUT2D eigenvalue weighted by Crippen LogP contribution is 2.27. The minimum atomic E-state index is 0.220. The second-order valence-electron chi connectivity index (χ2n) is 4.08. The third kappa shape index (κ3) is 2.33. The van der Waals surface area contributed by atoms with Crippen molar-refractivity contribution >= 4 is 11.3 Å². The zero-order valence-electron chi connectivity index (χ0n) is 9.66. The maximum Gasteiger partial charge on any atom is 0.103 e. The molecule has 0 aliphatic rings. The minimum Gasteiger partial charge on any atom is -0.327 e. The molecule has 3 nitrogen and oxygen atoms in total. The number of thiophene rings is 1. The Morgan fingerprint density at radius 1 is 1.56 bits per heavy atom. The standard InChI is InChI=1S/C12H17N3S/c1-3-9(13)6-10-7-11(15-14-10)12-8(2)4-5-16-12/h4-5,7,9H,3,6,13H2,1-2H3,(H,14,15). The second kappa shape index (κ2) is 4.80. The molecule has 1 unspecified atom stereocenters. The van der Waals surface area contributed by atoms with Crippen molar-refractivity contribution in [1.82, 2.24) is 10.2 Å². The largest absolute Gasteiger partial charge is 0.327 e. The van der Waals surface area contributed by atoms with Gasteiger partial charge in [-0.15, -0.1) is 11.3 Å². The van der Waals surface area contributed by atoms with E-state index in [1.807, 2.05) is 0 Å². The SMILES string of the molecule is CCC(N)Cc1cc(-c2sccc2C)n[nH]1. The summed E-state index contributed by atoms with van der Waals surface area (Å²) in [7, 11) is 0. The first-order valence-corrected chi connectivity index (χ1v) is 6.43. The molecular formula is C12H17N3S. The first kappa shape index (κ1) is 11.4. The average Bonchev–Trinajstić information content (AvgIpc) is 2.86. The van der Waals surface area contributed by atoms with Gasteiger partial charge in [-0.2, -0.15) is 5.10 Å². The summed E-state index contributed by atoms with van der Waals surface area (Å²) in [5.74, 6) is 0. The second-order valence-corrected chi connectivity index (χ2v) is 5.00. The molecule has 0 aliphatic heterocycles. The molecule has 0 radical (unpaired) electrons. The van der Waals surface area contributed by atoms with Crippen LogP contribution in [0, 0.1) is 6.92 Å². The van der Waals surface area contributed by atoms with Crippen LogP contribution >= 0.6 is 11.3 Å². The molecule has 0 saturated heterocycles. The molecule has 0 spiro atoms. The van der Waals surface area contributed by atoms with Gasteiger partial charge in [0, 0.05) is 18.2 Å². The zero-order valence-corrected chi connectivity index (χ0v) is 10.5. The summed E-state index contributed by atoms with van der Waals surface area (Å²) >= 11 is 1.73. The fourth-order valence-corrected chi connectivity index (χ4v) is 2.53. The summed E-state index contributed by atoms with van der Waals surface area (Å²) in [5.41, 5.74) is 9.35. The highest BCUT2D eigenvalue weighted by molar-refractivity contribution is 7.13. The highest BCUT2D eigenvalue weighted by Gasteiger charge is 2.09. The quantitative estimate of drug-likeness (QED) is 0.856. The van der Waals surface area contributed by atoms with E-state index in [1.165, 1.54) is 10.4 Å². The lowest BCUT2D eigenvalue weighted by Gasteiger charge is -2.04. The average molecular weight is 235 g/mol. The first-order chi connectivity index (χ1) is 7.70. The molecule has 0 aliphatic carbocycles. The summed E-state index contributed by atoms with van der Waals surface area (Å²) in [5, 5.41) is 9.49. The predicted octanol–water partition coefficient (Wildman–Crippen LogP) is 2.73. The van der Waals surface area contributed by atoms with Gasteiger partial charge < -0.3 is 5.73 Å². The molecule has 16 heavy (non-hydrogen) atoms. The van der Waals surface area contributed by atoms with Crippen LogP contribution in [0.1, 0.15) is 24.6 Å². The van der Waals surface area contributed by atoms with Gasteiger partial charge in [-0.05, 0) is 36.4 Å². The van der Waals surface area contributed by atoms with E-state index in [4.69, 9.17) is 5.73 Å². The lowest BCUT2D eigenvalue weighted by Crippen LogP contribution is -2.21. The van der Waals surface area contributed by atoms with Gasteiger partial charge in [0.15, 0.2) is 0 Å². The van der Waals surface area contributed by atoms with Gasteiger partial charge in [-0.3, -0.25) is 5.10 Å². The number of nitrogens with one attached hydrogen (secondary N) is 1. The lowest BCUT2D eigenvalue weighted by molar-refractivity contribution is 0.635. The molecule has 0 amide bonds. The van der Waals surface area contributed by atoms with Crippen molar-refractivity contribution in [1.29, 1.82) is 0 Å². The summed E-state index contributed by atoms with van der Waals surface area (Å²) < 4.78 is 0. The van der Waals surface area contributed by atoms with Crippen molar-refractivity contribution < 1.29 is 0 Å². The maximum absolute atomic E-state index is 5.92. The van der Waals surface area contributed by atoms with Crippen molar-refractivity contribution in [3.63, 3.8) is 0 Å². The predicted molar refractivity (Wildman–Crippen MR) is 68.6 cm³/mol.